The number of hydrogen-bond acceptors (Lipinski definition) is 3. The van der Waals surface area contributed by atoms with Crippen molar-refractivity contribution in [3.8, 4) is 11.6 Å². The first-order valence-corrected chi connectivity index (χ1v) is 4.11. The van der Waals surface area contributed by atoms with Gasteiger partial charge in [-0.3, -0.25) is 0 Å². The van der Waals surface area contributed by atoms with E-state index in [1.54, 1.807) is 0 Å². The van der Waals surface area contributed by atoms with Gasteiger partial charge in [0, 0.05) is 6.07 Å². The van der Waals surface area contributed by atoms with E-state index >= 15 is 0 Å². The van der Waals surface area contributed by atoms with Crippen LogP contribution in [0.1, 0.15) is 0 Å². The normalized spacial score (nSPS) is 10.3. The standard InChI is InChI=1S/C9H7F2N3O/c1-15-8-4-12-9(2-7(8)11)14-5-6(10)3-13-14/h2-5H,1H3. The van der Waals surface area contributed by atoms with Crippen molar-refractivity contribution in [3.63, 3.8) is 0 Å². The Morgan fingerprint density at radius 3 is 2.67 bits per heavy atom. The van der Waals surface area contributed by atoms with Gasteiger partial charge in [0.2, 0.25) is 0 Å². The SMILES string of the molecule is COc1cnc(-n2cc(F)cn2)cc1F. The largest absolute Gasteiger partial charge is 0.492 e. The fourth-order valence-corrected chi connectivity index (χ4v) is 1.11. The van der Waals surface area contributed by atoms with Gasteiger partial charge in [-0.05, 0) is 0 Å². The number of aromatic nitrogens is 3. The van der Waals surface area contributed by atoms with Crippen LogP contribution >= 0.6 is 0 Å². The van der Waals surface area contributed by atoms with Crippen LogP contribution in [0.15, 0.2) is 24.7 Å². The maximum absolute atomic E-state index is 13.2. The lowest BCUT2D eigenvalue weighted by Crippen LogP contribution is -1.99. The molecule has 2 aromatic heterocycles. The second-order valence-corrected chi connectivity index (χ2v) is 2.78. The van der Waals surface area contributed by atoms with Gasteiger partial charge >= 0.3 is 0 Å². The third kappa shape index (κ3) is 1.78. The molecule has 0 unspecified atom stereocenters. The summed E-state index contributed by atoms with van der Waals surface area (Å²) >= 11 is 0. The molecule has 0 aliphatic rings. The van der Waals surface area contributed by atoms with Crippen LogP contribution in [-0.2, 0) is 0 Å². The number of halogens is 2. The van der Waals surface area contributed by atoms with Crippen molar-refractivity contribution in [2.24, 2.45) is 0 Å². The van der Waals surface area contributed by atoms with Crippen molar-refractivity contribution in [1.29, 1.82) is 0 Å². The summed E-state index contributed by atoms with van der Waals surface area (Å²) in [5, 5.41) is 3.65. The van der Waals surface area contributed by atoms with E-state index in [0.29, 0.717) is 0 Å². The smallest absolute Gasteiger partial charge is 0.172 e. The van der Waals surface area contributed by atoms with Crippen LogP contribution in [0.25, 0.3) is 5.82 Å². The van der Waals surface area contributed by atoms with E-state index in [1.165, 1.54) is 13.3 Å². The molecule has 2 rings (SSSR count). The van der Waals surface area contributed by atoms with Gasteiger partial charge in [-0.2, -0.15) is 5.10 Å². The minimum Gasteiger partial charge on any atom is -0.492 e. The minimum absolute atomic E-state index is 0.0337. The maximum Gasteiger partial charge on any atom is 0.172 e. The van der Waals surface area contributed by atoms with Gasteiger partial charge in [0.25, 0.3) is 0 Å². The van der Waals surface area contributed by atoms with E-state index in [9.17, 15) is 8.78 Å². The quantitative estimate of drug-likeness (QED) is 0.756. The second kappa shape index (κ2) is 3.64. The fourth-order valence-electron chi connectivity index (χ4n) is 1.11. The van der Waals surface area contributed by atoms with Crippen molar-refractivity contribution in [3.05, 3.63) is 36.3 Å². The maximum atomic E-state index is 13.2. The molecule has 15 heavy (non-hydrogen) atoms. The zero-order chi connectivity index (χ0) is 10.8. The average Bonchev–Trinajstić information content (AvgIpc) is 2.65. The molecule has 0 spiro atoms. The summed E-state index contributed by atoms with van der Waals surface area (Å²) in [5.74, 6) is -0.852. The molecule has 0 atom stereocenters. The first-order chi connectivity index (χ1) is 7.20. The summed E-state index contributed by atoms with van der Waals surface area (Å²) in [7, 11) is 1.34. The van der Waals surface area contributed by atoms with E-state index in [1.807, 2.05) is 0 Å². The van der Waals surface area contributed by atoms with Crippen LogP contribution in [0.2, 0.25) is 0 Å². The molecule has 0 aromatic carbocycles. The summed E-state index contributed by atoms with van der Waals surface area (Å²) in [5.41, 5.74) is 0. The first kappa shape index (κ1) is 9.57. The molecular formula is C9H7F2N3O. The monoisotopic (exact) mass is 211 g/mol. The summed E-state index contributed by atoms with van der Waals surface area (Å²) in [6.45, 7) is 0. The van der Waals surface area contributed by atoms with Gasteiger partial charge in [-0.1, -0.05) is 0 Å². The number of nitrogens with zero attached hydrogens (tertiary/aromatic N) is 3. The molecule has 0 amide bonds. The molecule has 0 aliphatic carbocycles. The molecule has 2 heterocycles. The summed E-state index contributed by atoms with van der Waals surface area (Å²) in [6.07, 6.45) is 3.34. The topological polar surface area (TPSA) is 39.9 Å². The number of rotatable bonds is 2. The number of pyridine rings is 1. The van der Waals surface area contributed by atoms with Gasteiger partial charge in [-0.15, -0.1) is 0 Å². The van der Waals surface area contributed by atoms with Crippen LogP contribution in [-0.4, -0.2) is 21.9 Å². The van der Waals surface area contributed by atoms with E-state index in [-0.39, 0.29) is 11.6 Å². The molecule has 0 N–H and O–H groups in total. The zero-order valence-electron chi connectivity index (χ0n) is 7.82. The molecule has 78 valence electrons. The third-order valence-corrected chi connectivity index (χ3v) is 1.81. The van der Waals surface area contributed by atoms with Crippen LogP contribution in [0.3, 0.4) is 0 Å². The Labute approximate surface area is 84.1 Å². The molecular weight excluding hydrogens is 204 g/mol. The Balaban J connectivity index is 2.42. The number of methoxy groups -OCH3 is 1. The highest BCUT2D eigenvalue weighted by Gasteiger charge is 2.07. The Kier molecular flexibility index (Phi) is 2.32. The lowest BCUT2D eigenvalue weighted by Gasteiger charge is -2.03. The van der Waals surface area contributed by atoms with Crippen LogP contribution in [0.5, 0.6) is 5.75 Å². The summed E-state index contributed by atoms with van der Waals surface area (Å²) in [6, 6.07) is 1.12. The van der Waals surface area contributed by atoms with Crippen molar-refractivity contribution in [1.82, 2.24) is 14.8 Å². The van der Waals surface area contributed by atoms with Gasteiger partial charge in [-0.25, -0.2) is 18.4 Å². The van der Waals surface area contributed by atoms with E-state index < -0.39 is 11.6 Å². The van der Waals surface area contributed by atoms with Crippen molar-refractivity contribution < 1.29 is 13.5 Å². The van der Waals surface area contributed by atoms with Crippen LogP contribution < -0.4 is 4.74 Å². The highest BCUT2D eigenvalue weighted by molar-refractivity contribution is 5.29. The van der Waals surface area contributed by atoms with Crippen molar-refractivity contribution >= 4 is 0 Å². The van der Waals surface area contributed by atoms with E-state index in [2.05, 4.69) is 10.1 Å². The highest BCUT2D eigenvalue weighted by Crippen LogP contribution is 2.16. The average molecular weight is 211 g/mol. The Morgan fingerprint density at radius 2 is 2.13 bits per heavy atom. The summed E-state index contributed by atoms with van der Waals surface area (Å²) in [4.78, 5) is 3.86. The molecule has 2 aromatic rings. The highest BCUT2D eigenvalue weighted by atomic mass is 19.1. The Hall–Kier alpha value is -1.98. The Morgan fingerprint density at radius 1 is 1.33 bits per heavy atom. The lowest BCUT2D eigenvalue weighted by molar-refractivity contribution is 0.384. The molecule has 6 heteroatoms. The zero-order valence-corrected chi connectivity index (χ0v) is 7.82. The van der Waals surface area contributed by atoms with Gasteiger partial charge < -0.3 is 4.74 Å². The van der Waals surface area contributed by atoms with Crippen molar-refractivity contribution in [2.75, 3.05) is 7.11 Å². The predicted molar refractivity (Wildman–Crippen MR) is 47.8 cm³/mol. The van der Waals surface area contributed by atoms with E-state index in [0.717, 1.165) is 23.1 Å². The lowest BCUT2D eigenvalue weighted by atomic mass is 10.4. The van der Waals surface area contributed by atoms with Crippen LogP contribution in [0.4, 0.5) is 8.78 Å². The minimum atomic E-state index is -0.571. The second-order valence-electron chi connectivity index (χ2n) is 2.78. The third-order valence-electron chi connectivity index (χ3n) is 1.81. The van der Waals surface area contributed by atoms with E-state index in [4.69, 9.17) is 4.74 Å². The number of hydrogen-bond donors (Lipinski definition) is 0. The molecule has 0 aliphatic heterocycles. The van der Waals surface area contributed by atoms with Gasteiger partial charge in [0.05, 0.1) is 25.7 Å². The molecule has 0 radical (unpaired) electrons. The van der Waals surface area contributed by atoms with Gasteiger partial charge in [0.15, 0.2) is 23.2 Å². The fraction of sp³-hybridized carbons (Fsp3) is 0.111. The molecule has 0 saturated carbocycles. The predicted octanol–water partition coefficient (Wildman–Crippen LogP) is 1.55. The molecule has 0 bridgehead atoms. The molecule has 4 nitrogen and oxygen atoms in total. The van der Waals surface area contributed by atoms with Crippen molar-refractivity contribution in [2.45, 2.75) is 0 Å². The molecule has 0 fully saturated rings. The van der Waals surface area contributed by atoms with Crippen LogP contribution in [0, 0.1) is 11.6 Å². The summed E-state index contributed by atoms with van der Waals surface area (Å²) < 4.78 is 31.7. The number of ether oxygens (including phenoxy) is 1. The first-order valence-electron chi connectivity index (χ1n) is 4.11. The van der Waals surface area contributed by atoms with Gasteiger partial charge in [0.1, 0.15) is 0 Å². The Bertz CT molecular complexity index is 484. The molecule has 0 saturated heterocycles.